The fourth-order valence-electron chi connectivity index (χ4n) is 4.22. The van der Waals surface area contributed by atoms with Crippen LogP contribution in [0.3, 0.4) is 0 Å². The molecule has 142 valence electrons. The Morgan fingerprint density at radius 1 is 0.926 bits per heavy atom. The molecule has 2 aromatic rings. The van der Waals surface area contributed by atoms with Crippen LogP contribution in [0.2, 0.25) is 0 Å². The Kier molecular flexibility index (Phi) is 6.32. The molecule has 0 unspecified atom stereocenters. The summed E-state index contributed by atoms with van der Waals surface area (Å²) in [5.41, 5.74) is 3.63. The third-order valence-electron chi connectivity index (χ3n) is 5.78. The minimum atomic E-state index is -0.544. The molecule has 0 N–H and O–H groups in total. The summed E-state index contributed by atoms with van der Waals surface area (Å²) >= 11 is 0. The van der Waals surface area contributed by atoms with Crippen LogP contribution >= 0.6 is 0 Å². The predicted molar refractivity (Wildman–Crippen MR) is 108 cm³/mol. The second-order valence-electron chi connectivity index (χ2n) is 7.93. The lowest BCUT2D eigenvalue weighted by atomic mass is 9.77. The zero-order valence-electron chi connectivity index (χ0n) is 16.5. The van der Waals surface area contributed by atoms with Gasteiger partial charge in [0.05, 0.1) is 5.56 Å². The van der Waals surface area contributed by atoms with Gasteiger partial charge in [-0.2, -0.15) is 0 Å². The number of halogens is 2. The van der Waals surface area contributed by atoms with Gasteiger partial charge in [-0.05, 0) is 80.7 Å². The highest BCUT2D eigenvalue weighted by atomic mass is 19.1. The van der Waals surface area contributed by atoms with Crippen LogP contribution in [0, 0.1) is 43.2 Å². The van der Waals surface area contributed by atoms with Gasteiger partial charge in [-0.3, -0.25) is 0 Å². The first-order valence-corrected chi connectivity index (χ1v) is 10.1. The van der Waals surface area contributed by atoms with E-state index in [-0.39, 0.29) is 11.5 Å². The summed E-state index contributed by atoms with van der Waals surface area (Å²) in [6.45, 7) is 6.19. The van der Waals surface area contributed by atoms with Gasteiger partial charge >= 0.3 is 0 Å². The molecular weight excluding hydrogens is 338 g/mol. The number of benzene rings is 2. The van der Waals surface area contributed by atoms with E-state index in [9.17, 15) is 8.78 Å². The maximum Gasteiger partial charge on any atom is 0.142 e. The van der Waals surface area contributed by atoms with Crippen LogP contribution in [-0.2, 0) is 0 Å². The van der Waals surface area contributed by atoms with E-state index in [0.29, 0.717) is 0 Å². The molecule has 1 fully saturated rings. The maximum absolute atomic E-state index is 14.6. The molecule has 0 atom stereocenters. The van der Waals surface area contributed by atoms with Gasteiger partial charge in [-0.15, -0.1) is 0 Å². The van der Waals surface area contributed by atoms with E-state index in [1.165, 1.54) is 25.0 Å². The largest absolute Gasteiger partial charge is 0.206 e. The van der Waals surface area contributed by atoms with Gasteiger partial charge in [0.2, 0.25) is 0 Å². The van der Waals surface area contributed by atoms with Crippen LogP contribution < -0.4 is 0 Å². The molecule has 0 nitrogen and oxygen atoms in total. The fourth-order valence-corrected chi connectivity index (χ4v) is 4.22. The highest BCUT2D eigenvalue weighted by Crippen LogP contribution is 2.38. The zero-order valence-corrected chi connectivity index (χ0v) is 16.5. The Morgan fingerprint density at radius 2 is 1.59 bits per heavy atom. The van der Waals surface area contributed by atoms with Gasteiger partial charge in [-0.1, -0.05) is 49.3 Å². The van der Waals surface area contributed by atoms with Gasteiger partial charge < -0.3 is 0 Å². The molecule has 2 heteroatoms. The average molecular weight is 366 g/mol. The summed E-state index contributed by atoms with van der Waals surface area (Å²) in [4.78, 5) is 0. The monoisotopic (exact) mass is 366 g/mol. The van der Waals surface area contributed by atoms with Gasteiger partial charge in [0, 0.05) is 5.56 Å². The molecule has 1 aliphatic carbocycles. The third-order valence-corrected chi connectivity index (χ3v) is 5.78. The third kappa shape index (κ3) is 4.78. The van der Waals surface area contributed by atoms with Crippen molar-refractivity contribution in [3.8, 4) is 11.8 Å². The standard InChI is InChI=1S/C25H28F2/c1-4-5-19-7-10-21(11-8-19)22-15-24(26)23(25(27)16-22)13-12-20-9-6-17(2)14-18(20)3/h6,9,14-16,19,21H,4-5,7-8,10-11H2,1-3H3. The van der Waals surface area contributed by atoms with E-state index in [2.05, 4.69) is 18.8 Å². The Bertz CT molecular complexity index is 839. The predicted octanol–water partition coefficient (Wildman–Crippen LogP) is 7.06. The van der Waals surface area contributed by atoms with Gasteiger partial charge in [-0.25, -0.2) is 8.78 Å². The van der Waals surface area contributed by atoms with Crippen molar-refractivity contribution in [2.45, 2.75) is 65.2 Å². The topological polar surface area (TPSA) is 0 Å². The second-order valence-corrected chi connectivity index (χ2v) is 7.93. The fraction of sp³-hybridized carbons (Fsp3) is 0.440. The van der Waals surface area contributed by atoms with Gasteiger partial charge in [0.25, 0.3) is 0 Å². The van der Waals surface area contributed by atoms with Crippen LogP contribution in [-0.4, -0.2) is 0 Å². The van der Waals surface area contributed by atoms with Gasteiger partial charge in [0.15, 0.2) is 0 Å². The Morgan fingerprint density at radius 3 is 2.19 bits per heavy atom. The lowest BCUT2D eigenvalue weighted by Crippen LogP contribution is -2.13. The van der Waals surface area contributed by atoms with Crippen molar-refractivity contribution in [1.29, 1.82) is 0 Å². The second kappa shape index (κ2) is 8.70. The summed E-state index contributed by atoms with van der Waals surface area (Å²) < 4.78 is 29.2. The first-order valence-electron chi connectivity index (χ1n) is 10.1. The van der Waals surface area contributed by atoms with Crippen molar-refractivity contribution in [3.05, 3.63) is 69.8 Å². The molecule has 0 bridgehead atoms. The van der Waals surface area contributed by atoms with E-state index in [0.717, 1.165) is 53.9 Å². The van der Waals surface area contributed by atoms with Crippen LogP contribution in [0.4, 0.5) is 8.78 Å². The van der Waals surface area contributed by atoms with Crippen molar-refractivity contribution in [2.75, 3.05) is 0 Å². The lowest BCUT2D eigenvalue weighted by molar-refractivity contribution is 0.307. The first kappa shape index (κ1) is 19.6. The summed E-state index contributed by atoms with van der Waals surface area (Å²) in [6.07, 6.45) is 6.86. The molecule has 0 amide bonds. The number of aryl methyl sites for hydroxylation is 2. The SMILES string of the molecule is CCCC1CCC(c2cc(F)c(C#Cc3ccc(C)cc3C)c(F)c2)CC1. The van der Waals surface area contributed by atoms with Crippen LogP contribution in [0.15, 0.2) is 30.3 Å². The first-order chi connectivity index (χ1) is 13.0. The zero-order chi connectivity index (χ0) is 19.4. The number of rotatable bonds is 3. The maximum atomic E-state index is 14.6. The molecule has 0 spiro atoms. The number of hydrogen-bond acceptors (Lipinski definition) is 0. The molecule has 3 rings (SSSR count). The smallest absolute Gasteiger partial charge is 0.142 e. The highest BCUT2D eigenvalue weighted by molar-refractivity contribution is 5.48. The van der Waals surface area contributed by atoms with E-state index in [1.54, 1.807) is 0 Å². The quantitative estimate of drug-likeness (QED) is 0.510. The molecule has 0 saturated heterocycles. The Balaban J connectivity index is 1.79. The molecular formula is C25H28F2. The molecule has 27 heavy (non-hydrogen) atoms. The van der Waals surface area contributed by atoms with Crippen molar-refractivity contribution in [2.24, 2.45) is 5.92 Å². The van der Waals surface area contributed by atoms with Gasteiger partial charge in [0.1, 0.15) is 11.6 Å². The lowest BCUT2D eigenvalue weighted by Gasteiger charge is -2.28. The summed E-state index contributed by atoms with van der Waals surface area (Å²) in [5, 5.41) is 0. The van der Waals surface area contributed by atoms with E-state index in [1.807, 2.05) is 32.0 Å². The highest BCUT2D eigenvalue weighted by Gasteiger charge is 2.23. The summed E-state index contributed by atoms with van der Waals surface area (Å²) in [6, 6.07) is 8.88. The normalized spacial score (nSPS) is 19.4. The van der Waals surface area contributed by atoms with Crippen LogP contribution in [0.5, 0.6) is 0 Å². The van der Waals surface area contributed by atoms with E-state index < -0.39 is 11.6 Å². The molecule has 0 radical (unpaired) electrons. The van der Waals surface area contributed by atoms with Crippen molar-refractivity contribution in [3.63, 3.8) is 0 Å². The summed E-state index contributed by atoms with van der Waals surface area (Å²) in [5.74, 6) is 5.60. The van der Waals surface area contributed by atoms with Crippen LogP contribution in [0.25, 0.3) is 0 Å². The minimum Gasteiger partial charge on any atom is -0.206 e. The molecule has 2 aromatic carbocycles. The van der Waals surface area contributed by atoms with E-state index in [4.69, 9.17) is 0 Å². The molecule has 1 aliphatic rings. The average Bonchev–Trinajstić information content (AvgIpc) is 2.63. The van der Waals surface area contributed by atoms with Crippen molar-refractivity contribution in [1.82, 2.24) is 0 Å². The number of hydrogen-bond donors (Lipinski definition) is 0. The van der Waals surface area contributed by atoms with Crippen LogP contribution in [0.1, 0.15) is 79.2 Å². The molecule has 0 heterocycles. The summed E-state index contributed by atoms with van der Waals surface area (Å²) in [7, 11) is 0. The molecule has 0 aromatic heterocycles. The molecule has 0 aliphatic heterocycles. The molecule has 1 saturated carbocycles. The van der Waals surface area contributed by atoms with E-state index >= 15 is 0 Å². The Labute approximate surface area is 162 Å². The van der Waals surface area contributed by atoms with Crippen molar-refractivity contribution < 1.29 is 8.78 Å². The van der Waals surface area contributed by atoms with Crippen molar-refractivity contribution >= 4 is 0 Å². The Hall–Kier alpha value is -2.14. The minimum absolute atomic E-state index is 0.126.